The Morgan fingerprint density at radius 1 is 1.25 bits per heavy atom. The maximum atomic E-state index is 12.6. The van der Waals surface area contributed by atoms with Gasteiger partial charge in [-0.25, -0.2) is 4.79 Å². The maximum absolute atomic E-state index is 12.6. The number of allylic oxidation sites excluding steroid dienone is 1. The number of pyridine rings is 1. The summed E-state index contributed by atoms with van der Waals surface area (Å²) in [7, 11) is 1.33. The van der Waals surface area contributed by atoms with Crippen molar-refractivity contribution < 1.29 is 19.1 Å². The van der Waals surface area contributed by atoms with E-state index in [0.717, 1.165) is 5.56 Å². The average molecular weight is 330 g/mol. The minimum absolute atomic E-state index is 0.268. The summed E-state index contributed by atoms with van der Waals surface area (Å²) >= 11 is 0. The number of carbonyl (C=O) groups excluding carboxylic acids is 2. The number of methoxy groups -OCH3 is 1. The quantitative estimate of drug-likeness (QED) is 0.793. The van der Waals surface area contributed by atoms with Crippen molar-refractivity contribution in [3.05, 3.63) is 41.4 Å². The molecule has 0 saturated heterocycles. The molecule has 2 rings (SSSR count). The first-order valence-corrected chi connectivity index (χ1v) is 7.81. The van der Waals surface area contributed by atoms with Crippen molar-refractivity contribution in [1.29, 1.82) is 0 Å². The Labute approximate surface area is 141 Å². The Balaban J connectivity index is 2.60. The first-order valence-electron chi connectivity index (χ1n) is 7.81. The second-order valence-electron chi connectivity index (χ2n) is 5.97. The summed E-state index contributed by atoms with van der Waals surface area (Å²) in [4.78, 5) is 33.5. The van der Waals surface area contributed by atoms with Crippen LogP contribution in [-0.2, 0) is 19.1 Å². The fraction of sp³-hybridized carbons (Fsp3) is 0.444. The largest absolute Gasteiger partial charge is 0.468 e. The summed E-state index contributed by atoms with van der Waals surface area (Å²) in [6.07, 6.45) is 3.02. The molecule has 1 aliphatic heterocycles. The van der Waals surface area contributed by atoms with Gasteiger partial charge in [-0.2, -0.15) is 0 Å². The molecule has 0 aliphatic carbocycles. The van der Waals surface area contributed by atoms with Gasteiger partial charge in [-0.1, -0.05) is 6.07 Å². The van der Waals surface area contributed by atoms with Gasteiger partial charge in [0.15, 0.2) is 0 Å². The third-order valence-electron chi connectivity index (χ3n) is 3.89. The van der Waals surface area contributed by atoms with E-state index in [1.54, 1.807) is 46.2 Å². The molecule has 0 bridgehead atoms. The van der Waals surface area contributed by atoms with Gasteiger partial charge in [0.1, 0.15) is 5.92 Å². The van der Waals surface area contributed by atoms with Gasteiger partial charge >= 0.3 is 11.9 Å². The lowest BCUT2D eigenvalue weighted by atomic mass is 9.76. The summed E-state index contributed by atoms with van der Waals surface area (Å²) in [5.41, 5.74) is 2.27. The Kier molecular flexibility index (Phi) is 5.49. The highest BCUT2D eigenvalue weighted by Crippen LogP contribution is 2.39. The number of aliphatic imine (C=N–C) groups is 1. The van der Waals surface area contributed by atoms with Crippen molar-refractivity contribution in [2.45, 2.75) is 39.7 Å². The molecule has 0 amide bonds. The molecule has 0 N–H and O–H groups in total. The number of nitrogens with zero attached hydrogens (tertiary/aromatic N) is 2. The van der Waals surface area contributed by atoms with E-state index < -0.39 is 23.8 Å². The maximum Gasteiger partial charge on any atom is 0.336 e. The first-order chi connectivity index (χ1) is 11.4. The van der Waals surface area contributed by atoms with E-state index in [0.29, 0.717) is 17.0 Å². The average Bonchev–Trinajstić information content (AvgIpc) is 2.53. The Bertz CT molecular complexity index is 692. The van der Waals surface area contributed by atoms with E-state index in [2.05, 4.69) is 9.98 Å². The molecule has 1 aromatic heterocycles. The Hall–Kier alpha value is -2.50. The lowest BCUT2D eigenvalue weighted by Crippen LogP contribution is -2.36. The van der Waals surface area contributed by atoms with Gasteiger partial charge < -0.3 is 9.47 Å². The monoisotopic (exact) mass is 330 g/mol. The third-order valence-corrected chi connectivity index (χ3v) is 3.89. The number of hydrogen-bond donors (Lipinski definition) is 0. The van der Waals surface area contributed by atoms with Crippen molar-refractivity contribution in [2.75, 3.05) is 7.11 Å². The number of rotatable bonds is 4. The molecular formula is C18H22N2O4. The van der Waals surface area contributed by atoms with Crippen molar-refractivity contribution in [3.8, 4) is 0 Å². The zero-order valence-corrected chi connectivity index (χ0v) is 14.6. The fourth-order valence-corrected chi connectivity index (χ4v) is 2.93. The van der Waals surface area contributed by atoms with E-state index in [-0.39, 0.29) is 6.10 Å². The van der Waals surface area contributed by atoms with E-state index in [9.17, 15) is 9.59 Å². The molecule has 2 unspecified atom stereocenters. The van der Waals surface area contributed by atoms with Gasteiger partial charge in [0, 0.05) is 29.7 Å². The molecule has 128 valence electrons. The van der Waals surface area contributed by atoms with Crippen LogP contribution in [-0.4, -0.2) is 35.8 Å². The van der Waals surface area contributed by atoms with Crippen LogP contribution in [0.25, 0.3) is 0 Å². The van der Waals surface area contributed by atoms with Gasteiger partial charge in [0.05, 0.1) is 18.8 Å². The Morgan fingerprint density at radius 2 is 1.96 bits per heavy atom. The molecule has 0 radical (unpaired) electrons. The highest BCUT2D eigenvalue weighted by atomic mass is 16.5. The van der Waals surface area contributed by atoms with Crippen LogP contribution in [0.3, 0.4) is 0 Å². The van der Waals surface area contributed by atoms with E-state index in [4.69, 9.17) is 9.47 Å². The molecule has 24 heavy (non-hydrogen) atoms. The summed E-state index contributed by atoms with van der Waals surface area (Å²) < 4.78 is 10.3. The first kappa shape index (κ1) is 17.8. The van der Waals surface area contributed by atoms with Crippen LogP contribution in [0, 0.1) is 5.92 Å². The number of esters is 2. The minimum Gasteiger partial charge on any atom is -0.468 e. The van der Waals surface area contributed by atoms with Crippen LogP contribution < -0.4 is 0 Å². The molecule has 6 nitrogen and oxygen atoms in total. The second kappa shape index (κ2) is 7.38. The second-order valence-corrected chi connectivity index (χ2v) is 5.97. The highest BCUT2D eigenvalue weighted by Gasteiger charge is 2.42. The van der Waals surface area contributed by atoms with Crippen LogP contribution in [0.2, 0.25) is 0 Å². The lowest BCUT2D eigenvalue weighted by molar-refractivity contribution is -0.145. The van der Waals surface area contributed by atoms with Crippen LogP contribution in [0.5, 0.6) is 0 Å². The highest BCUT2D eigenvalue weighted by molar-refractivity contribution is 6.06. The van der Waals surface area contributed by atoms with Crippen LogP contribution >= 0.6 is 0 Å². The number of hydrogen-bond acceptors (Lipinski definition) is 6. The number of carbonyl (C=O) groups is 2. The summed E-state index contributed by atoms with van der Waals surface area (Å²) in [5, 5.41) is 0. The predicted molar refractivity (Wildman–Crippen MR) is 89.5 cm³/mol. The zero-order chi connectivity index (χ0) is 17.9. The summed E-state index contributed by atoms with van der Waals surface area (Å²) in [6.45, 7) is 7.07. The molecule has 0 spiro atoms. The van der Waals surface area contributed by atoms with Crippen molar-refractivity contribution >= 4 is 17.7 Å². The van der Waals surface area contributed by atoms with Crippen LogP contribution in [0.15, 0.2) is 40.8 Å². The number of ether oxygens (including phenoxy) is 2. The normalized spacial score (nSPS) is 20.7. The summed E-state index contributed by atoms with van der Waals surface area (Å²) in [6, 6.07) is 3.60. The predicted octanol–water partition coefficient (Wildman–Crippen LogP) is 2.65. The molecule has 6 heteroatoms. The topological polar surface area (TPSA) is 77.8 Å². The van der Waals surface area contributed by atoms with E-state index in [1.165, 1.54) is 7.11 Å². The molecule has 2 heterocycles. The standard InChI is InChI=1S/C18H22N2O4/c1-10(2)24-18(22)15-12(4)20-11(3)14(17(21)23-5)16(15)13-7-6-8-19-9-13/h6-10,14,16H,1-5H3. The molecule has 1 aliphatic rings. The molecule has 0 aromatic carbocycles. The minimum atomic E-state index is -0.683. The van der Waals surface area contributed by atoms with Crippen LogP contribution in [0.4, 0.5) is 0 Å². The van der Waals surface area contributed by atoms with Gasteiger partial charge in [-0.3, -0.25) is 14.8 Å². The summed E-state index contributed by atoms with van der Waals surface area (Å²) in [5.74, 6) is -2.12. The molecule has 1 aromatic rings. The zero-order valence-electron chi connectivity index (χ0n) is 14.6. The third kappa shape index (κ3) is 3.53. The van der Waals surface area contributed by atoms with Crippen molar-refractivity contribution in [2.24, 2.45) is 10.9 Å². The lowest BCUT2D eigenvalue weighted by Gasteiger charge is -2.31. The van der Waals surface area contributed by atoms with Crippen molar-refractivity contribution in [3.63, 3.8) is 0 Å². The van der Waals surface area contributed by atoms with Crippen molar-refractivity contribution in [1.82, 2.24) is 4.98 Å². The van der Waals surface area contributed by atoms with Gasteiger partial charge in [-0.15, -0.1) is 0 Å². The van der Waals surface area contributed by atoms with E-state index in [1.807, 2.05) is 6.07 Å². The fourth-order valence-electron chi connectivity index (χ4n) is 2.93. The van der Waals surface area contributed by atoms with Gasteiger partial charge in [0.25, 0.3) is 0 Å². The molecule has 2 atom stereocenters. The Morgan fingerprint density at radius 3 is 2.50 bits per heavy atom. The molecule has 0 fully saturated rings. The van der Waals surface area contributed by atoms with E-state index >= 15 is 0 Å². The molecule has 0 saturated carbocycles. The number of aromatic nitrogens is 1. The van der Waals surface area contributed by atoms with Gasteiger partial charge in [-0.05, 0) is 39.3 Å². The van der Waals surface area contributed by atoms with Gasteiger partial charge in [0.2, 0.25) is 0 Å². The molecular weight excluding hydrogens is 308 g/mol. The SMILES string of the molecule is COC(=O)C1C(C)=NC(C)=C(C(=O)OC(C)C)C1c1cccnc1. The smallest absolute Gasteiger partial charge is 0.336 e. The van der Waals surface area contributed by atoms with Crippen LogP contribution in [0.1, 0.15) is 39.2 Å².